The van der Waals surface area contributed by atoms with Crippen LogP contribution in [0.1, 0.15) is 79.1 Å². The van der Waals surface area contributed by atoms with Crippen LogP contribution in [0.4, 0.5) is 0 Å². The van der Waals surface area contributed by atoms with E-state index in [2.05, 4.69) is 33.0 Å². The fourth-order valence-corrected chi connectivity index (χ4v) is 3.16. The highest BCUT2D eigenvalue weighted by atomic mass is 15.0. The Hall–Kier alpha value is -0.120. The van der Waals surface area contributed by atoms with Gasteiger partial charge in [0.1, 0.15) is 0 Å². The summed E-state index contributed by atoms with van der Waals surface area (Å²) in [6, 6.07) is 0. The lowest BCUT2D eigenvalue weighted by atomic mass is 9.87. The fourth-order valence-electron chi connectivity index (χ4n) is 3.16. The molecule has 0 atom stereocenters. The molecule has 0 saturated carbocycles. The van der Waals surface area contributed by atoms with Crippen molar-refractivity contribution in [3.63, 3.8) is 0 Å². The van der Waals surface area contributed by atoms with E-state index in [9.17, 15) is 0 Å². The van der Waals surface area contributed by atoms with Crippen molar-refractivity contribution in [2.24, 2.45) is 11.5 Å². The molecule has 0 fully saturated rings. The Balaban J connectivity index is 4.27. The topological polar surface area (TPSA) is 64.1 Å². The molecule has 0 unspecified atom stereocenters. The standard InChI is InChI=1S/C16H37N3/c1-5-9-15(17,10-6-2)13-19-14-16(18,11-7-3)12-8-4/h19H,5-14,17-18H2,1-4H3. The van der Waals surface area contributed by atoms with Crippen molar-refractivity contribution < 1.29 is 0 Å². The SMILES string of the molecule is CCCC(N)(CCC)CNCC(N)(CCC)CCC. The molecular formula is C16H37N3. The minimum atomic E-state index is -0.0527. The van der Waals surface area contributed by atoms with E-state index in [-0.39, 0.29) is 11.1 Å². The Labute approximate surface area is 120 Å². The lowest BCUT2D eigenvalue weighted by molar-refractivity contribution is 0.293. The summed E-state index contributed by atoms with van der Waals surface area (Å²) in [7, 11) is 0. The average Bonchev–Trinajstić information content (AvgIpc) is 2.29. The first-order chi connectivity index (χ1) is 8.95. The maximum atomic E-state index is 6.49. The molecule has 0 bridgehead atoms. The molecule has 0 aromatic carbocycles. The van der Waals surface area contributed by atoms with Gasteiger partial charge in [-0.05, 0) is 25.7 Å². The zero-order valence-electron chi connectivity index (χ0n) is 13.7. The smallest absolute Gasteiger partial charge is 0.0280 e. The van der Waals surface area contributed by atoms with Crippen LogP contribution in [0.15, 0.2) is 0 Å². The predicted molar refractivity (Wildman–Crippen MR) is 86.3 cm³/mol. The van der Waals surface area contributed by atoms with E-state index in [1.165, 1.54) is 0 Å². The Bertz CT molecular complexity index is 182. The molecule has 0 aromatic heterocycles. The normalized spacial score (nSPS) is 12.9. The van der Waals surface area contributed by atoms with E-state index in [0.717, 1.165) is 64.5 Å². The lowest BCUT2D eigenvalue weighted by Gasteiger charge is -2.34. The van der Waals surface area contributed by atoms with Crippen LogP contribution in [0.2, 0.25) is 0 Å². The fraction of sp³-hybridized carbons (Fsp3) is 1.00. The van der Waals surface area contributed by atoms with Gasteiger partial charge in [-0.25, -0.2) is 0 Å². The van der Waals surface area contributed by atoms with Crippen LogP contribution in [0.3, 0.4) is 0 Å². The number of hydrogen-bond acceptors (Lipinski definition) is 3. The largest absolute Gasteiger partial charge is 0.324 e. The van der Waals surface area contributed by atoms with Gasteiger partial charge in [-0.3, -0.25) is 0 Å². The Morgan fingerprint density at radius 2 is 0.895 bits per heavy atom. The van der Waals surface area contributed by atoms with Crippen LogP contribution < -0.4 is 16.8 Å². The summed E-state index contributed by atoms with van der Waals surface area (Å²) in [6.45, 7) is 10.6. The van der Waals surface area contributed by atoms with Crippen LogP contribution in [-0.2, 0) is 0 Å². The van der Waals surface area contributed by atoms with Gasteiger partial charge in [0, 0.05) is 24.2 Å². The second-order valence-electron chi connectivity index (χ2n) is 6.33. The highest BCUT2D eigenvalue weighted by Gasteiger charge is 2.26. The first-order valence-electron chi connectivity index (χ1n) is 8.23. The second kappa shape index (κ2) is 9.73. The number of hydrogen-bond donors (Lipinski definition) is 3. The number of nitrogens with one attached hydrogen (secondary N) is 1. The molecule has 5 N–H and O–H groups in total. The zero-order chi connectivity index (χ0) is 14.8. The van der Waals surface area contributed by atoms with Gasteiger partial charge in [0.05, 0.1) is 0 Å². The van der Waals surface area contributed by atoms with Crippen LogP contribution in [0.5, 0.6) is 0 Å². The summed E-state index contributed by atoms with van der Waals surface area (Å²) in [5.74, 6) is 0. The van der Waals surface area contributed by atoms with Gasteiger partial charge in [-0.15, -0.1) is 0 Å². The minimum absolute atomic E-state index is 0.0527. The molecule has 0 rings (SSSR count). The van der Waals surface area contributed by atoms with Crippen LogP contribution in [0.25, 0.3) is 0 Å². The first kappa shape index (κ1) is 18.9. The van der Waals surface area contributed by atoms with Gasteiger partial charge in [0.2, 0.25) is 0 Å². The zero-order valence-corrected chi connectivity index (χ0v) is 13.7. The third kappa shape index (κ3) is 7.91. The first-order valence-corrected chi connectivity index (χ1v) is 8.23. The summed E-state index contributed by atoms with van der Waals surface area (Å²) in [4.78, 5) is 0. The molecule has 0 spiro atoms. The molecule has 0 aliphatic rings. The van der Waals surface area contributed by atoms with Gasteiger partial charge in [0.25, 0.3) is 0 Å². The molecule has 3 heteroatoms. The third-order valence-corrected chi connectivity index (χ3v) is 3.95. The van der Waals surface area contributed by atoms with Crippen LogP contribution in [-0.4, -0.2) is 24.2 Å². The van der Waals surface area contributed by atoms with Gasteiger partial charge >= 0.3 is 0 Å². The maximum absolute atomic E-state index is 6.49. The van der Waals surface area contributed by atoms with Gasteiger partial charge < -0.3 is 16.8 Å². The summed E-state index contributed by atoms with van der Waals surface area (Å²) in [5.41, 5.74) is 12.9. The van der Waals surface area contributed by atoms with E-state index in [0.29, 0.717) is 0 Å². The Kier molecular flexibility index (Phi) is 9.67. The molecule has 0 aromatic rings. The van der Waals surface area contributed by atoms with Crippen molar-refractivity contribution in [2.45, 2.75) is 90.1 Å². The molecule has 116 valence electrons. The summed E-state index contributed by atoms with van der Waals surface area (Å²) < 4.78 is 0. The molecule has 0 amide bonds. The summed E-state index contributed by atoms with van der Waals surface area (Å²) in [5, 5.41) is 3.56. The van der Waals surface area contributed by atoms with Crippen molar-refractivity contribution >= 4 is 0 Å². The molecule has 0 radical (unpaired) electrons. The summed E-state index contributed by atoms with van der Waals surface area (Å²) in [6.07, 6.45) is 8.96. The van der Waals surface area contributed by atoms with E-state index in [1.54, 1.807) is 0 Å². The molecule has 0 heterocycles. The number of nitrogens with two attached hydrogens (primary N) is 2. The van der Waals surface area contributed by atoms with Crippen LogP contribution >= 0.6 is 0 Å². The van der Waals surface area contributed by atoms with Gasteiger partial charge in [-0.1, -0.05) is 53.4 Å². The van der Waals surface area contributed by atoms with Crippen molar-refractivity contribution in [2.75, 3.05) is 13.1 Å². The van der Waals surface area contributed by atoms with E-state index < -0.39 is 0 Å². The lowest BCUT2D eigenvalue weighted by Crippen LogP contribution is -2.54. The maximum Gasteiger partial charge on any atom is 0.0280 e. The Morgan fingerprint density at radius 3 is 1.11 bits per heavy atom. The molecular weight excluding hydrogens is 234 g/mol. The monoisotopic (exact) mass is 271 g/mol. The third-order valence-electron chi connectivity index (χ3n) is 3.95. The van der Waals surface area contributed by atoms with E-state index in [1.807, 2.05) is 0 Å². The van der Waals surface area contributed by atoms with Gasteiger partial charge in [0.15, 0.2) is 0 Å². The Morgan fingerprint density at radius 1 is 0.632 bits per heavy atom. The molecule has 19 heavy (non-hydrogen) atoms. The molecule has 0 aliphatic carbocycles. The van der Waals surface area contributed by atoms with Gasteiger partial charge in [-0.2, -0.15) is 0 Å². The average molecular weight is 271 g/mol. The van der Waals surface area contributed by atoms with Crippen molar-refractivity contribution in [3.05, 3.63) is 0 Å². The van der Waals surface area contributed by atoms with E-state index >= 15 is 0 Å². The second-order valence-corrected chi connectivity index (χ2v) is 6.33. The highest BCUT2D eigenvalue weighted by molar-refractivity contribution is 4.90. The van der Waals surface area contributed by atoms with Crippen molar-refractivity contribution in [1.29, 1.82) is 0 Å². The summed E-state index contributed by atoms with van der Waals surface area (Å²) >= 11 is 0. The predicted octanol–water partition coefficient (Wildman–Crippen LogP) is 3.17. The van der Waals surface area contributed by atoms with Crippen molar-refractivity contribution in [3.8, 4) is 0 Å². The molecule has 0 aliphatic heterocycles. The highest BCUT2D eigenvalue weighted by Crippen LogP contribution is 2.18. The molecule has 0 saturated heterocycles. The van der Waals surface area contributed by atoms with E-state index in [4.69, 9.17) is 11.5 Å². The van der Waals surface area contributed by atoms with Crippen molar-refractivity contribution in [1.82, 2.24) is 5.32 Å². The quantitative estimate of drug-likeness (QED) is 0.511. The number of rotatable bonds is 12. The molecule has 3 nitrogen and oxygen atoms in total. The van der Waals surface area contributed by atoms with Crippen LogP contribution in [0, 0.1) is 0 Å². The minimum Gasteiger partial charge on any atom is -0.324 e.